The van der Waals surface area contributed by atoms with Gasteiger partial charge >= 0.3 is 0 Å². The van der Waals surface area contributed by atoms with Crippen molar-refractivity contribution in [3.05, 3.63) is 102 Å². The van der Waals surface area contributed by atoms with Crippen LogP contribution in [-0.2, 0) is 32.6 Å². The molecule has 1 saturated heterocycles. The van der Waals surface area contributed by atoms with Gasteiger partial charge in [0.2, 0.25) is 17.7 Å². The van der Waals surface area contributed by atoms with Crippen LogP contribution in [0.15, 0.2) is 91.3 Å². The maximum atomic E-state index is 14.3. The first-order valence-electron chi connectivity index (χ1n) is 18.6. The summed E-state index contributed by atoms with van der Waals surface area (Å²) in [5.74, 6) is -1.34. The predicted molar refractivity (Wildman–Crippen MR) is 205 cm³/mol. The van der Waals surface area contributed by atoms with Crippen LogP contribution in [0.3, 0.4) is 0 Å². The van der Waals surface area contributed by atoms with Crippen molar-refractivity contribution in [2.24, 2.45) is 7.05 Å². The summed E-state index contributed by atoms with van der Waals surface area (Å²) >= 11 is 0. The zero-order valence-electron chi connectivity index (χ0n) is 31.6. The number of ether oxygens (including phenoxy) is 2. The number of hydrogen-bond acceptors (Lipinski definition) is 9. The van der Waals surface area contributed by atoms with E-state index >= 15 is 0 Å². The third-order valence-electron chi connectivity index (χ3n) is 10.0. The van der Waals surface area contributed by atoms with Crippen LogP contribution >= 0.6 is 0 Å². The molecule has 1 aromatic heterocycles. The molecule has 3 aliphatic heterocycles. The van der Waals surface area contributed by atoms with E-state index in [0.29, 0.717) is 28.5 Å². The van der Waals surface area contributed by atoms with Crippen molar-refractivity contribution >= 4 is 29.5 Å². The van der Waals surface area contributed by atoms with Gasteiger partial charge in [0.1, 0.15) is 42.1 Å². The Bertz CT molecular complexity index is 2030. The highest BCUT2D eigenvalue weighted by molar-refractivity contribution is 6.01. The molecule has 1 unspecified atom stereocenters. The summed E-state index contributed by atoms with van der Waals surface area (Å²) in [7, 11) is 1.85. The van der Waals surface area contributed by atoms with E-state index in [9.17, 15) is 29.1 Å². The highest BCUT2D eigenvalue weighted by Gasteiger charge is 2.47. The fourth-order valence-corrected chi connectivity index (χ4v) is 6.80. The third-order valence-corrected chi connectivity index (χ3v) is 10.0. The average molecular weight is 766 g/mol. The summed E-state index contributed by atoms with van der Waals surface area (Å²) in [5, 5.41) is 21.5. The van der Waals surface area contributed by atoms with Crippen LogP contribution in [0.25, 0.3) is 11.4 Å². The van der Waals surface area contributed by atoms with Gasteiger partial charge in [-0.05, 0) is 49.7 Å². The van der Waals surface area contributed by atoms with Crippen molar-refractivity contribution in [1.29, 1.82) is 0 Å². The van der Waals surface area contributed by atoms with E-state index in [1.165, 1.54) is 13.8 Å². The normalized spacial score (nSPS) is 21.4. The van der Waals surface area contributed by atoms with Crippen molar-refractivity contribution < 1.29 is 38.6 Å². The maximum Gasteiger partial charge on any atom is 0.265 e. The Morgan fingerprint density at radius 2 is 1.57 bits per heavy atom. The second-order valence-corrected chi connectivity index (χ2v) is 14.1. The Morgan fingerprint density at radius 1 is 0.893 bits per heavy atom. The highest BCUT2D eigenvalue weighted by Crippen LogP contribution is 2.32. The van der Waals surface area contributed by atoms with Crippen molar-refractivity contribution in [1.82, 2.24) is 35.7 Å². The first-order chi connectivity index (χ1) is 26.9. The van der Waals surface area contributed by atoms with Crippen LogP contribution in [0.5, 0.6) is 11.5 Å². The number of aliphatic hydroxyl groups excluding tert-OH is 1. The largest absolute Gasteiger partial charge is 0.492 e. The number of amides is 5. The Kier molecular flexibility index (Phi) is 12.3. The molecular weight excluding hydrogens is 718 g/mol. The van der Waals surface area contributed by atoms with E-state index in [1.807, 2.05) is 54.1 Å². The fraction of sp³-hybridized carbons (Fsp3) is 0.366. The summed E-state index contributed by atoms with van der Waals surface area (Å²) in [4.78, 5) is 74.7. The van der Waals surface area contributed by atoms with Gasteiger partial charge in [-0.2, -0.15) is 0 Å². The summed E-state index contributed by atoms with van der Waals surface area (Å²) in [6.07, 6.45) is 2.40. The van der Waals surface area contributed by atoms with Crippen LogP contribution in [0.1, 0.15) is 42.6 Å². The summed E-state index contributed by atoms with van der Waals surface area (Å²) in [6, 6.07) is 19.4. The topological polar surface area (TPSA) is 193 Å². The van der Waals surface area contributed by atoms with E-state index in [-0.39, 0.29) is 51.4 Å². The lowest BCUT2D eigenvalue weighted by molar-refractivity contribution is -0.145. The fourth-order valence-electron chi connectivity index (χ4n) is 6.80. The van der Waals surface area contributed by atoms with Crippen LogP contribution in [0, 0.1) is 0 Å². The summed E-state index contributed by atoms with van der Waals surface area (Å²) < 4.78 is 14.1. The number of benzene rings is 3. The van der Waals surface area contributed by atoms with E-state index in [0.717, 1.165) is 5.56 Å². The number of fused-ring (bicyclic) bond motifs is 15. The number of likely N-dealkylation sites (tertiary alicyclic amines) is 1. The van der Waals surface area contributed by atoms with Gasteiger partial charge in [0.15, 0.2) is 5.60 Å². The number of hydrogen-bond donors (Lipinski definition) is 5. The predicted octanol–water partition coefficient (Wildman–Crippen LogP) is 1.75. The van der Waals surface area contributed by atoms with Gasteiger partial charge in [-0.15, -0.1) is 0 Å². The van der Waals surface area contributed by atoms with E-state index in [1.54, 1.807) is 53.7 Å². The molecule has 5 N–H and O–H groups in total. The SMILES string of the molecule is C[C@@H]1NC(=O)C([C@@H](C)O)NC(=O)C2(CCN(C(=O)c3ccccc3-c3nccn3C)CC2)Oc2ccc(cc2)OCCNC(=O)[C@H](Cc2ccccc2)NC1=O. The number of carbonyl (C=O) groups excluding carboxylic acids is 5. The molecule has 2 bridgehead atoms. The van der Waals surface area contributed by atoms with E-state index in [2.05, 4.69) is 26.3 Å². The molecule has 4 atom stereocenters. The van der Waals surface area contributed by atoms with Gasteiger partial charge in [-0.3, -0.25) is 24.0 Å². The van der Waals surface area contributed by atoms with E-state index < -0.39 is 53.5 Å². The van der Waals surface area contributed by atoms with E-state index in [4.69, 9.17) is 9.47 Å². The van der Waals surface area contributed by atoms with Gasteiger partial charge < -0.3 is 45.3 Å². The molecule has 56 heavy (non-hydrogen) atoms. The molecule has 0 aliphatic carbocycles. The first-order valence-corrected chi connectivity index (χ1v) is 18.6. The lowest BCUT2D eigenvalue weighted by Crippen LogP contribution is -2.63. The number of aliphatic hydroxyl groups is 1. The van der Waals surface area contributed by atoms with Gasteiger partial charge in [-0.1, -0.05) is 48.5 Å². The minimum atomic E-state index is -1.55. The number of aromatic nitrogens is 2. The summed E-state index contributed by atoms with van der Waals surface area (Å²) in [5.41, 5.74) is 0.398. The molecule has 5 amide bonds. The quantitative estimate of drug-likeness (QED) is 0.188. The second kappa shape index (κ2) is 17.5. The number of piperidine rings is 1. The Balaban J connectivity index is 1.24. The highest BCUT2D eigenvalue weighted by atomic mass is 16.5. The molecule has 1 spiro atoms. The Labute approximate surface area is 324 Å². The molecule has 294 valence electrons. The van der Waals surface area contributed by atoms with Crippen LogP contribution in [0.2, 0.25) is 0 Å². The smallest absolute Gasteiger partial charge is 0.265 e. The Hall–Kier alpha value is -6.22. The lowest BCUT2D eigenvalue weighted by atomic mass is 9.88. The number of aryl methyl sites for hydroxylation is 1. The minimum Gasteiger partial charge on any atom is -0.492 e. The molecule has 4 aromatic rings. The standard InChI is InChI=1S/C41H47N7O8/c1-26-36(50)45-33(25-28-9-5-4-6-10-28)37(51)43-20-24-55-29-13-15-30(16-14-29)56-41(40(54)46-34(27(2)49)38(52)44-26)17-21-48(22-18-41)39(53)32-12-8-7-11-31(32)35-42-19-23-47(35)3/h4-16,19,23,26-27,33-34,49H,17-18,20-22,24-25H2,1-3H3,(H,43,51)(H,44,52)(H,45,50)(H,46,54)/t26-,27+,33-,34?/m0/s1. The molecule has 7 rings (SSSR count). The number of nitrogens with one attached hydrogen (secondary N) is 4. The van der Waals surface area contributed by atoms with Crippen LogP contribution in [0.4, 0.5) is 0 Å². The third kappa shape index (κ3) is 9.17. The van der Waals surface area contributed by atoms with Gasteiger partial charge in [0, 0.05) is 57.4 Å². The zero-order chi connectivity index (χ0) is 39.8. The van der Waals surface area contributed by atoms with Crippen LogP contribution < -0.4 is 30.7 Å². The number of carbonyl (C=O) groups is 5. The van der Waals surface area contributed by atoms with Gasteiger partial charge in [0.25, 0.3) is 11.8 Å². The number of imidazole rings is 1. The average Bonchev–Trinajstić information content (AvgIpc) is 3.63. The maximum absolute atomic E-state index is 14.3. The molecule has 15 nitrogen and oxygen atoms in total. The second-order valence-electron chi connectivity index (χ2n) is 14.1. The first kappa shape index (κ1) is 39.5. The van der Waals surface area contributed by atoms with Gasteiger partial charge in [-0.25, -0.2) is 4.98 Å². The van der Waals surface area contributed by atoms with Gasteiger partial charge in [0.05, 0.1) is 18.2 Å². The zero-order valence-corrected chi connectivity index (χ0v) is 31.6. The summed E-state index contributed by atoms with van der Waals surface area (Å²) in [6.45, 7) is 3.34. The van der Waals surface area contributed by atoms with Crippen molar-refractivity contribution in [3.8, 4) is 22.9 Å². The number of rotatable bonds is 5. The lowest BCUT2D eigenvalue weighted by Gasteiger charge is -2.41. The molecule has 1 fully saturated rings. The molecule has 3 aliphatic rings. The van der Waals surface area contributed by atoms with Crippen molar-refractivity contribution in [3.63, 3.8) is 0 Å². The molecule has 3 aromatic carbocycles. The number of nitrogens with zero attached hydrogens (tertiary/aromatic N) is 3. The molecule has 0 radical (unpaired) electrons. The van der Waals surface area contributed by atoms with Crippen molar-refractivity contribution in [2.75, 3.05) is 26.2 Å². The van der Waals surface area contributed by atoms with Crippen LogP contribution in [-0.4, -0.2) is 105 Å². The Morgan fingerprint density at radius 3 is 2.25 bits per heavy atom. The molecule has 0 saturated carbocycles. The molecule has 4 heterocycles. The minimum absolute atomic E-state index is 0.0584. The molecular formula is C41H47N7O8. The monoisotopic (exact) mass is 765 g/mol. The van der Waals surface area contributed by atoms with Crippen molar-refractivity contribution in [2.45, 2.75) is 62.9 Å². The molecule has 15 heteroatoms.